The molecule has 0 radical (unpaired) electrons. The Bertz CT molecular complexity index is 1360. The van der Waals surface area contributed by atoms with E-state index in [1.54, 1.807) is 11.0 Å². The van der Waals surface area contributed by atoms with Gasteiger partial charge < -0.3 is 14.4 Å². The molecule has 0 spiro atoms. The predicted octanol–water partition coefficient (Wildman–Crippen LogP) is 6.43. The van der Waals surface area contributed by atoms with Gasteiger partial charge in [0.05, 0.1) is 16.8 Å². The molecule has 1 aromatic heterocycles. The second kappa shape index (κ2) is 9.57. The van der Waals surface area contributed by atoms with E-state index in [1.807, 2.05) is 78.6 Å². The van der Waals surface area contributed by atoms with Gasteiger partial charge in [-0.1, -0.05) is 54.6 Å². The number of piperazine rings is 1. The van der Waals surface area contributed by atoms with Crippen LogP contribution in [0.1, 0.15) is 21.6 Å². The fraction of sp³-hybridized carbons (Fsp3) is 0.207. The molecule has 0 bridgehead atoms. The van der Waals surface area contributed by atoms with Crippen LogP contribution in [0.15, 0.2) is 91.0 Å². The molecule has 1 saturated heterocycles. The first kappa shape index (κ1) is 23.7. The van der Waals surface area contributed by atoms with Gasteiger partial charge in [-0.15, -0.1) is 0 Å². The summed E-state index contributed by atoms with van der Waals surface area (Å²) in [5.74, 6) is -0.0666. The van der Waals surface area contributed by atoms with Crippen LogP contribution in [0.25, 0.3) is 16.9 Å². The number of nitrogens with zero attached hydrogens (tertiary/aromatic N) is 3. The van der Waals surface area contributed by atoms with Crippen molar-refractivity contribution in [2.45, 2.75) is 13.1 Å². The first-order valence-electron chi connectivity index (χ1n) is 11.9. The van der Waals surface area contributed by atoms with Crippen LogP contribution < -0.4 is 4.90 Å². The van der Waals surface area contributed by atoms with Crippen molar-refractivity contribution in [3.8, 4) is 16.9 Å². The summed E-state index contributed by atoms with van der Waals surface area (Å²) in [7, 11) is 0. The molecular weight excluding hydrogens is 463 g/mol. The number of halogens is 3. The number of aromatic nitrogens is 1. The Morgan fingerprint density at radius 1 is 0.750 bits per heavy atom. The van der Waals surface area contributed by atoms with Crippen molar-refractivity contribution >= 4 is 11.6 Å². The zero-order valence-electron chi connectivity index (χ0n) is 19.9. The van der Waals surface area contributed by atoms with Crippen molar-refractivity contribution in [1.82, 2.24) is 9.47 Å². The molecule has 1 amide bonds. The molecule has 3 aromatic carbocycles. The van der Waals surface area contributed by atoms with E-state index in [4.69, 9.17) is 0 Å². The van der Waals surface area contributed by atoms with E-state index in [-0.39, 0.29) is 5.91 Å². The standard InChI is InChI=1S/C29H26F3N3O/c1-21-26(20-27(22-9-4-2-5-10-22)35(21)24-12-6-3-7-13-24)28(36)34-17-15-33(16-18-34)25-14-8-11-23(19-25)29(30,31)32/h2-14,19-20H,15-18H2,1H3. The number of rotatable bonds is 4. The average molecular weight is 490 g/mol. The monoisotopic (exact) mass is 489 g/mol. The minimum Gasteiger partial charge on any atom is -0.368 e. The number of amides is 1. The van der Waals surface area contributed by atoms with Gasteiger partial charge in [-0.2, -0.15) is 13.2 Å². The van der Waals surface area contributed by atoms with Gasteiger partial charge in [0.2, 0.25) is 0 Å². The van der Waals surface area contributed by atoms with Crippen LogP contribution >= 0.6 is 0 Å². The Hall–Kier alpha value is -4.00. The molecule has 1 aliphatic heterocycles. The third-order valence-corrected chi connectivity index (χ3v) is 6.67. The highest BCUT2D eigenvalue weighted by Crippen LogP contribution is 2.33. The van der Waals surface area contributed by atoms with Crippen LogP contribution in [0.3, 0.4) is 0 Å². The van der Waals surface area contributed by atoms with Gasteiger partial charge in [0.15, 0.2) is 0 Å². The van der Waals surface area contributed by atoms with Crippen LogP contribution in [0.2, 0.25) is 0 Å². The van der Waals surface area contributed by atoms with Gasteiger partial charge in [-0.25, -0.2) is 0 Å². The summed E-state index contributed by atoms with van der Waals surface area (Å²) in [6.07, 6.45) is -4.38. The summed E-state index contributed by atoms with van der Waals surface area (Å²) in [6.45, 7) is 3.76. The Balaban J connectivity index is 1.40. The van der Waals surface area contributed by atoms with E-state index in [1.165, 1.54) is 12.1 Å². The second-order valence-corrected chi connectivity index (χ2v) is 8.89. The summed E-state index contributed by atoms with van der Waals surface area (Å²) in [6, 6.07) is 27.2. The minimum atomic E-state index is -4.38. The zero-order valence-corrected chi connectivity index (χ0v) is 19.9. The molecule has 0 N–H and O–H groups in total. The van der Waals surface area contributed by atoms with Crippen LogP contribution in [-0.2, 0) is 6.18 Å². The van der Waals surface area contributed by atoms with Crippen LogP contribution in [-0.4, -0.2) is 41.6 Å². The second-order valence-electron chi connectivity index (χ2n) is 8.89. The lowest BCUT2D eigenvalue weighted by Gasteiger charge is -2.36. The Labute approximate surface area is 208 Å². The largest absolute Gasteiger partial charge is 0.416 e. The predicted molar refractivity (Wildman–Crippen MR) is 136 cm³/mol. The molecule has 7 heteroatoms. The van der Waals surface area contributed by atoms with Crippen molar-refractivity contribution < 1.29 is 18.0 Å². The van der Waals surface area contributed by atoms with Gasteiger partial charge in [0.25, 0.3) is 5.91 Å². The summed E-state index contributed by atoms with van der Waals surface area (Å²) in [4.78, 5) is 17.3. The maximum absolute atomic E-state index is 13.6. The average Bonchev–Trinajstić information content (AvgIpc) is 3.26. The Morgan fingerprint density at radius 3 is 2.00 bits per heavy atom. The van der Waals surface area contributed by atoms with Gasteiger partial charge >= 0.3 is 6.18 Å². The lowest BCUT2D eigenvalue weighted by Crippen LogP contribution is -2.49. The van der Waals surface area contributed by atoms with Gasteiger partial charge in [0, 0.05) is 43.2 Å². The molecular formula is C29H26F3N3O. The SMILES string of the molecule is Cc1c(C(=O)N2CCN(c3cccc(C(F)(F)F)c3)CC2)cc(-c2ccccc2)n1-c1ccccc1. The molecule has 5 rings (SSSR count). The summed E-state index contributed by atoms with van der Waals surface area (Å²) in [5.41, 5.74) is 4.26. The third-order valence-electron chi connectivity index (χ3n) is 6.67. The van der Waals surface area contributed by atoms with E-state index in [0.717, 1.165) is 28.7 Å². The van der Waals surface area contributed by atoms with Crippen LogP contribution in [0.5, 0.6) is 0 Å². The number of anilines is 1. The van der Waals surface area contributed by atoms with Crippen molar-refractivity contribution in [2.24, 2.45) is 0 Å². The Morgan fingerprint density at radius 2 is 1.36 bits per heavy atom. The lowest BCUT2D eigenvalue weighted by atomic mass is 10.1. The highest BCUT2D eigenvalue weighted by Gasteiger charge is 2.32. The van der Waals surface area contributed by atoms with Crippen molar-refractivity contribution in [1.29, 1.82) is 0 Å². The molecule has 2 heterocycles. The summed E-state index contributed by atoms with van der Waals surface area (Å²) in [5, 5.41) is 0. The molecule has 1 fully saturated rings. The first-order chi connectivity index (χ1) is 17.3. The number of hydrogen-bond donors (Lipinski definition) is 0. The van der Waals surface area contributed by atoms with E-state index < -0.39 is 11.7 Å². The number of carbonyl (C=O) groups excluding carboxylic acids is 1. The first-order valence-corrected chi connectivity index (χ1v) is 11.9. The van der Waals surface area contributed by atoms with E-state index in [9.17, 15) is 18.0 Å². The lowest BCUT2D eigenvalue weighted by molar-refractivity contribution is -0.137. The Kier molecular flexibility index (Phi) is 6.31. The molecule has 4 aromatic rings. The van der Waals surface area contributed by atoms with Crippen molar-refractivity contribution in [2.75, 3.05) is 31.1 Å². The summed E-state index contributed by atoms with van der Waals surface area (Å²) < 4.78 is 41.5. The van der Waals surface area contributed by atoms with E-state index >= 15 is 0 Å². The smallest absolute Gasteiger partial charge is 0.368 e. The molecule has 0 unspecified atom stereocenters. The van der Waals surface area contributed by atoms with Crippen LogP contribution in [0.4, 0.5) is 18.9 Å². The molecule has 1 aliphatic rings. The van der Waals surface area contributed by atoms with E-state index in [0.29, 0.717) is 37.4 Å². The van der Waals surface area contributed by atoms with Crippen LogP contribution in [0, 0.1) is 6.92 Å². The molecule has 36 heavy (non-hydrogen) atoms. The zero-order chi connectivity index (χ0) is 25.3. The molecule has 0 atom stereocenters. The number of para-hydroxylation sites is 1. The maximum atomic E-state index is 13.6. The summed E-state index contributed by atoms with van der Waals surface area (Å²) >= 11 is 0. The van der Waals surface area contributed by atoms with Crippen molar-refractivity contribution in [3.05, 3.63) is 108 Å². The van der Waals surface area contributed by atoms with Gasteiger partial charge in [-0.3, -0.25) is 4.79 Å². The number of hydrogen-bond acceptors (Lipinski definition) is 2. The highest BCUT2D eigenvalue weighted by atomic mass is 19.4. The third kappa shape index (κ3) is 4.61. The van der Waals surface area contributed by atoms with Crippen molar-refractivity contribution in [3.63, 3.8) is 0 Å². The fourth-order valence-electron chi connectivity index (χ4n) is 4.77. The number of carbonyl (C=O) groups is 1. The molecule has 0 saturated carbocycles. The quantitative estimate of drug-likeness (QED) is 0.330. The molecule has 0 aliphatic carbocycles. The number of alkyl halides is 3. The topological polar surface area (TPSA) is 28.5 Å². The molecule has 184 valence electrons. The highest BCUT2D eigenvalue weighted by molar-refractivity contribution is 5.97. The fourth-order valence-corrected chi connectivity index (χ4v) is 4.77. The maximum Gasteiger partial charge on any atom is 0.416 e. The number of benzene rings is 3. The van der Waals surface area contributed by atoms with E-state index in [2.05, 4.69) is 4.57 Å². The van der Waals surface area contributed by atoms with Gasteiger partial charge in [0.1, 0.15) is 0 Å². The molecule has 4 nitrogen and oxygen atoms in total. The normalized spacial score (nSPS) is 14.2. The minimum absolute atomic E-state index is 0.0666. The van der Waals surface area contributed by atoms with Gasteiger partial charge in [-0.05, 0) is 48.9 Å².